The van der Waals surface area contributed by atoms with Crippen molar-refractivity contribution in [1.29, 1.82) is 0 Å². The van der Waals surface area contributed by atoms with E-state index in [1.54, 1.807) is 12.4 Å². The number of rotatable bonds is 7. The lowest BCUT2D eigenvalue weighted by Crippen LogP contribution is -2.53. The highest BCUT2D eigenvalue weighted by atomic mass is 16.3. The van der Waals surface area contributed by atoms with Crippen molar-refractivity contribution >= 4 is 11.8 Å². The zero-order valence-electron chi connectivity index (χ0n) is 19.1. The molecule has 0 unspecified atom stereocenters. The summed E-state index contributed by atoms with van der Waals surface area (Å²) in [6.45, 7) is 6.94. The van der Waals surface area contributed by atoms with Crippen LogP contribution in [0.3, 0.4) is 0 Å². The summed E-state index contributed by atoms with van der Waals surface area (Å²) < 4.78 is 0. The molecule has 1 heterocycles. The van der Waals surface area contributed by atoms with Gasteiger partial charge in [-0.3, -0.25) is 14.6 Å². The number of fused-ring (bicyclic) bond motifs is 1. The number of aromatic nitrogens is 1. The first kappa shape index (κ1) is 22.3. The second kappa shape index (κ2) is 8.19. The van der Waals surface area contributed by atoms with E-state index in [2.05, 4.69) is 29.5 Å². The maximum atomic E-state index is 12.7. The van der Waals surface area contributed by atoms with Gasteiger partial charge in [-0.2, -0.15) is 0 Å². The fraction of sp³-hybridized carbons (Fsp3) is 0.720. The van der Waals surface area contributed by atoms with Gasteiger partial charge in [-0.05, 0) is 80.2 Å². The minimum Gasteiger partial charge on any atom is -0.390 e. The Morgan fingerprint density at radius 2 is 1.97 bits per heavy atom. The molecule has 3 N–H and O–H groups in total. The highest BCUT2D eigenvalue weighted by molar-refractivity contribution is 5.81. The Bertz CT molecular complexity index is 819. The molecule has 2 amide bonds. The number of carbonyl (C=O) groups is 2. The first-order valence-electron chi connectivity index (χ1n) is 11.8. The van der Waals surface area contributed by atoms with Gasteiger partial charge in [0.2, 0.25) is 11.8 Å². The largest absolute Gasteiger partial charge is 0.390 e. The van der Waals surface area contributed by atoms with Gasteiger partial charge in [-0.25, -0.2) is 0 Å². The molecule has 0 aromatic carbocycles. The Balaban J connectivity index is 1.48. The number of hydrogen-bond acceptors (Lipinski definition) is 4. The van der Waals surface area contributed by atoms with Crippen molar-refractivity contribution in [3.05, 3.63) is 30.1 Å². The van der Waals surface area contributed by atoms with Gasteiger partial charge in [0.1, 0.15) is 0 Å². The van der Waals surface area contributed by atoms with Gasteiger partial charge in [0.25, 0.3) is 0 Å². The third-order valence-corrected chi connectivity index (χ3v) is 8.13. The summed E-state index contributed by atoms with van der Waals surface area (Å²) in [5.74, 6) is 0.665. The highest BCUT2D eigenvalue weighted by Gasteiger charge is 2.61. The Labute approximate surface area is 185 Å². The first-order valence-corrected chi connectivity index (χ1v) is 11.8. The molecule has 0 saturated heterocycles. The molecule has 4 rings (SSSR count). The molecule has 6 heteroatoms. The fourth-order valence-electron chi connectivity index (χ4n) is 6.21. The Hall–Kier alpha value is -1.95. The zero-order chi connectivity index (χ0) is 22.3. The van der Waals surface area contributed by atoms with Crippen molar-refractivity contribution < 1.29 is 14.7 Å². The lowest BCUT2D eigenvalue weighted by atomic mass is 9.57. The molecule has 170 valence electrons. The number of carbonyl (C=O) groups excluding carboxylic acids is 2. The van der Waals surface area contributed by atoms with Crippen molar-refractivity contribution in [1.82, 2.24) is 15.6 Å². The molecule has 3 fully saturated rings. The molecule has 4 atom stereocenters. The SMILES string of the molecule is CC1(C)C[C@H](NC(=O)C2CC2)[C@@]2(CCC(=O)NCc3cccnc3)CC[C@](C)(O)C[C@@H]12. The van der Waals surface area contributed by atoms with Crippen molar-refractivity contribution in [3.8, 4) is 0 Å². The van der Waals surface area contributed by atoms with E-state index in [0.717, 1.165) is 44.1 Å². The molecule has 0 bridgehead atoms. The number of amides is 2. The summed E-state index contributed by atoms with van der Waals surface area (Å²) in [5.41, 5.74) is 0.181. The second-order valence-electron chi connectivity index (χ2n) is 11.2. The van der Waals surface area contributed by atoms with Crippen LogP contribution in [-0.2, 0) is 16.1 Å². The minimum atomic E-state index is -0.677. The zero-order valence-corrected chi connectivity index (χ0v) is 19.1. The van der Waals surface area contributed by atoms with Crippen LogP contribution in [0.4, 0.5) is 0 Å². The summed E-state index contributed by atoms with van der Waals surface area (Å²) >= 11 is 0. The van der Waals surface area contributed by atoms with E-state index >= 15 is 0 Å². The van der Waals surface area contributed by atoms with Crippen LogP contribution < -0.4 is 10.6 Å². The monoisotopic (exact) mass is 427 g/mol. The van der Waals surface area contributed by atoms with Crippen LogP contribution in [0.5, 0.6) is 0 Å². The summed E-state index contributed by atoms with van der Waals surface area (Å²) in [7, 11) is 0. The van der Waals surface area contributed by atoms with E-state index in [1.165, 1.54) is 0 Å². The summed E-state index contributed by atoms with van der Waals surface area (Å²) in [4.78, 5) is 29.5. The highest BCUT2D eigenvalue weighted by Crippen LogP contribution is 2.64. The molecule has 0 aliphatic heterocycles. The van der Waals surface area contributed by atoms with Crippen molar-refractivity contribution in [2.24, 2.45) is 22.7 Å². The molecule has 0 radical (unpaired) electrons. The minimum absolute atomic E-state index is 0.0120. The molecule has 1 aromatic rings. The van der Waals surface area contributed by atoms with Gasteiger partial charge >= 0.3 is 0 Å². The average molecular weight is 428 g/mol. The van der Waals surface area contributed by atoms with Crippen molar-refractivity contribution in [3.63, 3.8) is 0 Å². The van der Waals surface area contributed by atoms with Crippen LogP contribution in [0.1, 0.15) is 77.7 Å². The predicted molar refractivity (Wildman–Crippen MR) is 119 cm³/mol. The normalized spacial score (nSPS) is 34.1. The molecule has 1 aromatic heterocycles. The van der Waals surface area contributed by atoms with Crippen LogP contribution in [0, 0.1) is 22.7 Å². The van der Waals surface area contributed by atoms with Gasteiger partial charge in [-0.1, -0.05) is 19.9 Å². The standard InChI is InChI=1S/C25H37N3O3/c1-23(2)14-20(28-22(30)18-6-7-18)25(11-10-24(3,31)13-19(23)25)9-8-21(29)27-16-17-5-4-12-26-15-17/h4-5,12,15,18-20,31H,6-11,13-14,16H2,1-3H3,(H,27,29)(H,28,30)/t19-,20-,24-,25-/m0/s1. The molecular weight excluding hydrogens is 390 g/mol. The summed E-state index contributed by atoms with van der Waals surface area (Å²) in [6, 6.07) is 3.89. The Morgan fingerprint density at radius 1 is 1.19 bits per heavy atom. The molecule has 31 heavy (non-hydrogen) atoms. The lowest BCUT2D eigenvalue weighted by Gasteiger charge is -2.50. The molecule has 0 spiro atoms. The van der Waals surface area contributed by atoms with Crippen LogP contribution in [-0.4, -0.2) is 33.5 Å². The third-order valence-electron chi connectivity index (χ3n) is 8.13. The first-order chi connectivity index (χ1) is 14.6. The van der Waals surface area contributed by atoms with Crippen LogP contribution in [0.25, 0.3) is 0 Å². The number of aliphatic hydroxyl groups is 1. The van der Waals surface area contributed by atoms with Crippen LogP contribution in [0.2, 0.25) is 0 Å². The van der Waals surface area contributed by atoms with Crippen LogP contribution >= 0.6 is 0 Å². The van der Waals surface area contributed by atoms with E-state index in [1.807, 2.05) is 19.1 Å². The summed E-state index contributed by atoms with van der Waals surface area (Å²) in [6.07, 6.45) is 9.84. The van der Waals surface area contributed by atoms with Crippen LogP contribution in [0.15, 0.2) is 24.5 Å². The maximum Gasteiger partial charge on any atom is 0.223 e. The van der Waals surface area contributed by atoms with E-state index in [0.29, 0.717) is 19.4 Å². The number of nitrogens with one attached hydrogen (secondary N) is 2. The average Bonchev–Trinajstić information content (AvgIpc) is 3.54. The van der Waals surface area contributed by atoms with Gasteiger partial charge in [0.05, 0.1) is 5.60 Å². The Kier molecular flexibility index (Phi) is 5.88. The third kappa shape index (κ3) is 4.79. The predicted octanol–water partition coefficient (Wildman–Crippen LogP) is 3.34. The molecular formula is C25H37N3O3. The topological polar surface area (TPSA) is 91.3 Å². The van der Waals surface area contributed by atoms with Gasteiger partial charge in [0.15, 0.2) is 0 Å². The number of hydrogen-bond donors (Lipinski definition) is 3. The van der Waals surface area contributed by atoms with E-state index in [4.69, 9.17) is 0 Å². The quantitative estimate of drug-likeness (QED) is 0.622. The molecule has 3 aliphatic rings. The van der Waals surface area contributed by atoms with Crippen molar-refractivity contribution in [2.45, 2.75) is 90.3 Å². The van der Waals surface area contributed by atoms with E-state index in [9.17, 15) is 14.7 Å². The Morgan fingerprint density at radius 3 is 2.65 bits per heavy atom. The van der Waals surface area contributed by atoms with E-state index in [-0.39, 0.29) is 40.5 Å². The number of pyridine rings is 1. The number of nitrogens with zero attached hydrogens (tertiary/aromatic N) is 1. The maximum absolute atomic E-state index is 12.7. The van der Waals surface area contributed by atoms with Gasteiger partial charge in [0, 0.05) is 37.3 Å². The van der Waals surface area contributed by atoms with Gasteiger partial charge < -0.3 is 15.7 Å². The fourth-order valence-corrected chi connectivity index (χ4v) is 6.21. The lowest BCUT2D eigenvalue weighted by molar-refractivity contribution is -0.126. The smallest absolute Gasteiger partial charge is 0.223 e. The molecule has 6 nitrogen and oxygen atoms in total. The summed E-state index contributed by atoms with van der Waals surface area (Å²) in [5, 5.41) is 17.3. The molecule has 3 aliphatic carbocycles. The second-order valence-corrected chi connectivity index (χ2v) is 11.2. The van der Waals surface area contributed by atoms with E-state index < -0.39 is 5.60 Å². The molecule has 3 saturated carbocycles. The van der Waals surface area contributed by atoms with Crippen molar-refractivity contribution in [2.75, 3.05) is 0 Å². The van der Waals surface area contributed by atoms with Gasteiger partial charge in [-0.15, -0.1) is 0 Å².